The Balaban J connectivity index is 1.48. The fourth-order valence-electron chi connectivity index (χ4n) is 3.11. The fourth-order valence-corrected chi connectivity index (χ4v) is 4.12. The van der Waals surface area contributed by atoms with E-state index in [-0.39, 0.29) is 11.4 Å². The first-order valence-electron chi connectivity index (χ1n) is 9.70. The lowest BCUT2D eigenvalue weighted by Crippen LogP contribution is -2.23. The highest BCUT2D eigenvalue weighted by Crippen LogP contribution is 2.24. The summed E-state index contributed by atoms with van der Waals surface area (Å²) >= 11 is 0. The zero-order chi connectivity index (χ0) is 21.7. The normalized spacial score (nSPS) is 11.3. The molecule has 0 aliphatic carbocycles. The second-order valence-corrected chi connectivity index (χ2v) is 8.73. The summed E-state index contributed by atoms with van der Waals surface area (Å²) in [6.45, 7) is 2.10. The maximum atomic E-state index is 12.8. The van der Waals surface area contributed by atoms with Gasteiger partial charge in [0.05, 0.1) is 10.6 Å². The van der Waals surface area contributed by atoms with Gasteiger partial charge in [0.15, 0.2) is 0 Å². The topological polar surface area (TPSA) is 81.2 Å². The minimum atomic E-state index is -3.70. The first-order chi connectivity index (χ1) is 15.0. The summed E-state index contributed by atoms with van der Waals surface area (Å²) in [6, 6.07) is 21.3. The molecule has 4 aromatic rings. The van der Waals surface area contributed by atoms with Crippen molar-refractivity contribution in [2.24, 2.45) is 0 Å². The predicted molar refractivity (Wildman–Crippen MR) is 119 cm³/mol. The molecular weight excluding hydrogens is 410 g/mol. The van der Waals surface area contributed by atoms with Crippen molar-refractivity contribution in [3.8, 4) is 22.8 Å². The average Bonchev–Trinajstić information content (AvgIpc) is 2.79. The number of benzene rings is 2. The van der Waals surface area contributed by atoms with E-state index in [1.165, 1.54) is 12.1 Å². The van der Waals surface area contributed by atoms with Gasteiger partial charge in [-0.05, 0) is 72.6 Å². The molecule has 0 saturated heterocycles. The van der Waals surface area contributed by atoms with Crippen molar-refractivity contribution in [1.82, 2.24) is 14.7 Å². The molecule has 1 N–H and O–H groups in total. The van der Waals surface area contributed by atoms with E-state index in [1.54, 1.807) is 36.8 Å². The summed E-state index contributed by atoms with van der Waals surface area (Å²) in [5.41, 5.74) is 3.45. The zero-order valence-corrected chi connectivity index (χ0v) is 17.7. The predicted octanol–water partition coefficient (Wildman–Crippen LogP) is 4.72. The molecule has 0 fully saturated rings. The molecule has 0 atom stereocenters. The molecule has 0 amide bonds. The molecule has 31 heavy (non-hydrogen) atoms. The molecule has 7 heteroatoms. The third kappa shape index (κ3) is 5.14. The largest absolute Gasteiger partial charge is 0.457 e. The summed E-state index contributed by atoms with van der Waals surface area (Å²) in [6.07, 6.45) is 5.04. The van der Waals surface area contributed by atoms with Crippen molar-refractivity contribution in [1.29, 1.82) is 0 Å². The molecule has 0 aliphatic heterocycles. The minimum absolute atomic E-state index is 0.120. The Hall–Kier alpha value is -3.55. The number of aromatic nitrogens is 2. The van der Waals surface area contributed by atoms with Crippen molar-refractivity contribution < 1.29 is 13.2 Å². The molecule has 156 valence electrons. The van der Waals surface area contributed by atoms with Crippen LogP contribution >= 0.6 is 0 Å². The number of pyridine rings is 2. The van der Waals surface area contributed by atoms with Gasteiger partial charge in [-0.1, -0.05) is 18.2 Å². The smallest absolute Gasteiger partial charge is 0.240 e. The minimum Gasteiger partial charge on any atom is -0.457 e. The van der Waals surface area contributed by atoms with Crippen LogP contribution in [0, 0.1) is 6.92 Å². The van der Waals surface area contributed by atoms with Crippen molar-refractivity contribution in [3.05, 3.63) is 103 Å². The number of nitrogens with zero attached hydrogens (tertiary/aromatic N) is 2. The zero-order valence-electron chi connectivity index (χ0n) is 16.9. The van der Waals surface area contributed by atoms with Crippen LogP contribution in [0.5, 0.6) is 11.5 Å². The van der Waals surface area contributed by atoms with Crippen LogP contribution in [0.1, 0.15) is 11.1 Å². The highest BCUT2D eigenvalue weighted by Gasteiger charge is 2.15. The number of ether oxygens (including phenoxy) is 1. The number of hydrogen-bond donors (Lipinski definition) is 1. The maximum absolute atomic E-state index is 12.8. The Labute approximate surface area is 181 Å². The SMILES string of the molecule is Cc1cccc(Oc2ccc(S(=O)(=O)NCc3cccnc3-c3ccncc3)cc2)c1. The van der Waals surface area contributed by atoms with E-state index >= 15 is 0 Å². The molecule has 0 radical (unpaired) electrons. The van der Waals surface area contributed by atoms with E-state index in [2.05, 4.69) is 14.7 Å². The summed E-state index contributed by atoms with van der Waals surface area (Å²) in [7, 11) is -3.70. The summed E-state index contributed by atoms with van der Waals surface area (Å²) in [4.78, 5) is 8.58. The van der Waals surface area contributed by atoms with Gasteiger partial charge in [-0.3, -0.25) is 9.97 Å². The Bertz CT molecular complexity index is 1270. The monoisotopic (exact) mass is 431 g/mol. The lowest BCUT2D eigenvalue weighted by Gasteiger charge is -2.11. The van der Waals surface area contributed by atoms with Crippen LogP contribution in [0.3, 0.4) is 0 Å². The van der Waals surface area contributed by atoms with Crippen LogP contribution in [0.4, 0.5) is 0 Å². The highest BCUT2D eigenvalue weighted by atomic mass is 32.2. The fraction of sp³-hybridized carbons (Fsp3) is 0.0833. The van der Waals surface area contributed by atoms with E-state index in [9.17, 15) is 8.42 Å². The van der Waals surface area contributed by atoms with Gasteiger partial charge >= 0.3 is 0 Å². The van der Waals surface area contributed by atoms with Gasteiger partial charge in [-0.25, -0.2) is 13.1 Å². The molecule has 4 rings (SSSR count). The Kier molecular flexibility index (Phi) is 6.06. The van der Waals surface area contributed by atoms with Gasteiger partial charge in [0.25, 0.3) is 0 Å². The van der Waals surface area contributed by atoms with E-state index in [4.69, 9.17) is 4.74 Å². The van der Waals surface area contributed by atoms with E-state index in [1.807, 2.05) is 49.4 Å². The molecule has 0 saturated carbocycles. The molecule has 0 bridgehead atoms. The number of hydrogen-bond acceptors (Lipinski definition) is 5. The molecule has 0 aliphatic rings. The first kappa shape index (κ1) is 20.7. The van der Waals surface area contributed by atoms with Gasteiger partial charge in [-0.2, -0.15) is 0 Å². The third-order valence-electron chi connectivity index (χ3n) is 4.66. The number of rotatable bonds is 7. The maximum Gasteiger partial charge on any atom is 0.240 e. The summed E-state index contributed by atoms with van der Waals surface area (Å²) < 4.78 is 34.0. The summed E-state index contributed by atoms with van der Waals surface area (Å²) in [5, 5.41) is 0. The van der Waals surface area contributed by atoms with E-state index < -0.39 is 10.0 Å². The Morgan fingerprint density at radius 2 is 1.65 bits per heavy atom. The second-order valence-electron chi connectivity index (χ2n) is 6.96. The van der Waals surface area contributed by atoms with Crippen molar-refractivity contribution in [2.75, 3.05) is 0 Å². The number of sulfonamides is 1. The van der Waals surface area contributed by atoms with Gasteiger partial charge in [0.1, 0.15) is 11.5 Å². The Morgan fingerprint density at radius 1 is 0.871 bits per heavy atom. The van der Waals surface area contributed by atoms with Crippen molar-refractivity contribution >= 4 is 10.0 Å². The number of aryl methyl sites for hydroxylation is 1. The van der Waals surface area contributed by atoms with Gasteiger partial charge in [0.2, 0.25) is 10.0 Å². The Morgan fingerprint density at radius 3 is 2.39 bits per heavy atom. The highest BCUT2D eigenvalue weighted by molar-refractivity contribution is 7.89. The van der Waals surface area contributed by atoms with E-state index in [0.29, 0.717) is 11.5 Å². The molecule has 0 unspecified atom stereocenters. The van der Waals surface area contributed by atoms with E-state index in [0.717, 1.165) is 22.4 Å². The molecule has 2 aromatic carbocycles. The molecular formula is C24H21N3O3S. The lowest BCUT2D eigenvalue weighted by atomic mass is 10.1. The first-order valence-corrected chi connectivity index (χ1v) is 11.2. The van der Waals surface area contributed by atoms with Crippen LogP contribution in [-0.4, -0.2) is 18.4 Å². The van der Waals surface area contributed by atoms with Crippen LogP contribution in [0.25, 0.3) is 11.3 Å². The molecule has 2 heterocycles. The van der Waals surface area contributed by atoms with Crippen molar-refractivity contribution in [3.63, 3.8) is 0 Å². The third-order valence-corrected chi connectivity index (χ3v) is 6.07. The second kappa shape index (κ2) is 9.07. The quantitative estimate of drug-likeness (QED) is 0.458. The molecule has 0 spiro atoms. The van der Waals surface area contributed by atoms with Gasteiger partial charge in [-0.15, -0.1) is 0 Å². The molecule has 6 nitrogen and oxygen atoms in total. The standard InChI is InChI=1S/C24H21N3O3S/c1-18-4-2-6-22(16-18)30-21-7-9-23(10-8-21)31(28,29)27-17-20-5-3-13-26-24(20)19-11-14-25-15-12-19/h2-16,27H,17H2,1H3. The van der Waals surface area contributed by atoms with Gasteiger partial charge in [0, 0.05) is 30.7 Å². The van der Waals surface area contributed by atoms with Crippen LogP contribution in [0.15, 0.2) is 96.3 Å². The van der Waals surface area contributed by atoms with Crippen molar-refractivity contribution in [2.45, 2.75) is 18.4 Å². The van der Waals surface area contributed by atoms with Gasteiger partial charge < -0.3 is 4.74 Å². The number of nitrogens with one attached hydrogen (secondary N) is 1. The van der Waals surface area contributed by atoms with Crippen LogP contribution in [0.2, 0.25) is 0 Å². The molecule has 2 aromatic heterocycles. The lowest BCUT2D eigenvalue weighted by molar-refractivity contribution is 0.481. The van der Waals surface area contributed by atoms with Crippen LogP contribution in [-0.2, 0) is 16.6 Å². The summed E-state index contributed by atoms with van der Waals surface area (Å²) in [5.74, 6) is 1.27. The van der Waals surface area contributed by atoms with Crippen LogP contribution < -0.4 is 9.46 Å². The average molecular weight is 432 g/mol.